The predicted octanol–water partition coefficient (Wildman–Crippen LogP) is 1.72. The zero-order valence-electron chi connectivity index (χ0n) is 13.5. The Morgan fingerprint density at radius 2 is 2.05 bits per heavy atom. The van der Waals surface area contributed by atoms with Crippen LogP contribution in [0.4, 0.5) is 0 Å². The molecule has 1 heterocycles. The Labute approximate surface area is 132 Å². The summed E-state index contributed by atoms with van der Waals surface area (Å²) in [6.45, 7) is 5.22. The summed E-state index contributed by atoms with van der Waals surface area (Å²) in [5.41, 5.74) is 0.583. The molecule has 1 fully saturated rings. The third-order valence-electron chi connectivity index (χ3n) is 4.17. The SMILES string of the molecule is CCOc1ccccc1CNC(=O)C1(COC)CCNCC1. The van der Waals surface area contributed by atoms with Crippen LogP contribution in [0.3, 0.4) is 0 Å². The summed E-state index contributed by atoms with van der Waals surface area (Å²) < 4.78 is 10.9. The van der Waals surface area contributed by atoms with Crippen molar-refractivity contribution in [2.45, 2.75) is 26.3 Å². The molecule has 0 bridgehead atoms. The first-order chi connectivity index (χ1) is 10.7. The maximum Gasteiger partial charge on any atom is 0.228 e. The molecule has 1 aliphatic rings. The van der Waals surface area contributed by atoms with Crippen LogP contribution in [0, 0.1) is 5.41 Å². The first-order valence-electron chi connectivity index (χ1n) is 7.90. The van der Waals surface area contributed by atoms with Gasteiger partial charge in [0.15, 0.2) is 0 Å². The average molecular weight is 306 g/mol. The average Bonchev–Trinajstić information content (AvgIpc) is 2.55. The number of benzene rings is 1. The van der Waals surface area contributed by atoms with E-state index in [1.165, 1.54) is 0 Å². The smallest absolute Gasteiger partial charge is 0.228 e. The molecule has 0 aliphatic carbocycles. The lowest BCUT2D eigenvalue weighted by molar-refractivity contribution is -0.136. The van der Waals surface area contributed by atoms with E-state index >= 15 is 0 Å². The summed E-state index contributed by atoms with van der Waals surface area (Å²) >= 11 is 0. The molecule has 0 unspecified atom stereocenters. The zero-order chi connectivity index (χ0) is 15.8. The molecule has 1 aromatic carbocycles. The van der Waals surface area contributed by atoms with Crippen molar-refractivity contribution in [2.24, 2.45) is 5.41 Å². The van der Waals surface area contributed by atoms with E-state index in [-0.39, 0.29) is 5.91 Å². The maximum absolute atomic E-state index is 12.7. The number of carbonyl (C=O) groups excluding carboxylic acids is 1. The highest BCUT2D eigenvalue weighted by Gasteiger charge is 2.39. The lowest BCUT2D eigenvalue weighted by Gasteiger charge is -2.35. The zero-order valence-corrected chi connectivity index (χ0v) is 13.5. The van der Waals surface area contributed by atoms with Gasteiger partial charge < -0.3 is 20.1 Å². The fourth-order valence-corrected chi connectivity index (χ4v) is 2.93. The van der Waals surface area contributed by atoms with E-state index in [1.54, 1.807) is 7.11 Å². The number of hydrogen-bond donors (Lipinski definition) is 2. The monoisotopic (exact) mass is 306 g/mol. The number of hydrogen-bond acceptors (Lipinski definition) is 4. The molecule has 0 atom stereocenters. The lowest BCUT2D eigenvalue weighted by atomic mass is 9.78. The van der Waals surface area contributed by atoms with Gasteiger partial charge in [-0.3, -0.25) is 4.79 Å². The molecule has 122 valence electrons. The van der Waals surface area contributed by atoms with Gasteiger partial charge in [0, 0.05) is 19.2 Å². The molecular weight excluding hydrogens is 280 g/mol. The van der Waals surface area contributed by atoms with Crippen LogP contribution in [-0.4, -0.2) is 39.3 Å². The second-order valence-electron chi connectivity index (χ2n) is 5.69. The molecule has 2 rings (SSSR count). The molecule has 1 amide bonds. The van der Waals surface area contributed by atoms with Crippen LogP contribution >= 0.6 is 0 Å². The molecule has 5 heteroatoms. The van der Waals surface area contributed by atoms with E-state index < -0.39 is 5.41 Å². The van der Waals surface area contributed by atoms with Gasteiger partial charge in [0.1, 0.15) is 5.75 Å². The van der Waals surface area contributed by atoms with Crippen LogP contribution in [-0.2, 0) is 16.1 Å². The number of amides is 1. The Kier molecular flexibility index (Phi) is 6.21. The minimum absolute atomic E-state index is 0.0714. The molecule has 1 saturated heterocycles. The quantitative estimate of drug-likeness (QED) is 0.805. The molecule has 0 saturated carbocycles. The first kappa shape index (κ1) is 16.8. The van der Waals surface area contributed by atoms with E-state index in [0.717, 1.165) is 37.2 Å². The highest BCUT2D eigenvalue weighted by atomic mass is 16.5. The minimum Gasteiger partial charge on any atom is -0.494 e. The Hall–Kier alpha value is -1.59. The fourth-order valence-electron chi connectivity index (χ4n) is 2.93. The van der Waals surface area contributed by atoms with E-state index in [0.29, 0.717) is 19.8 Å². The fraction of sp³-hybridized carbons (Fsp3) is 0.588. The van der Waals surface area contributed by atoms with Gasteiger partial charge in [-0.05, 0) is 38.9 Å². The standard InChI is InChI=1S/C17H26N2O3/c1-3-22-15-7-5-4-6-14(15)12-19-16(20)17(13-21-2)8-10-18-11-9-17/h4-7,18H,3,8-13H2,1-2H3,(H,19,20). The highest BCUT2D eigenvalue weighted by Crippen LogP contribution is 2.29. The van der Waals surface area contributed by atoms with E-state index in [4.69, 9.17) is 9.47 Å². The summed E-state index contributed by atoms with van der Waals surface area (Å²) in [7, 11) is 1.65. The van der Waals surface area contributed by atoms with Crippen LogP contribution in [0.1, 0.15) is 25.3 Å². The summed E-state index contributed by atoms with van der Waals surface area (Å²) in [5, 5.41) is 6.36. The highest BCUT2D eigenvalue weighted by molar-refractivity contribution is 5.83. The molecule has 0 aromatic heterocycles. The molecule has 0 spiro atoms. The van der Waals surface area contributed by atoms with Gasteiger partial charge in [-0.2, -0.15) is 0 Å². The first-order valence-corrected chi connectivity index (χ1v) is 7.90. The number of carbonyl (C=O) groups is 1. The summed E-state index contributed by atoms with van der Waals surface area (Å²) in [4.78, 5) is 12.7. The third-order valence-corrected chi connectivity index (χ3v) is 4.17. The van der Waals surface area contributed by atoms with Crippen LogP contribution in [0.15, 0.2) is 24.3 Å². The van der Waals surface area contributed by atoms with Crippen LogP contribution in [0.5, 0.6) is 5.75 Å². The Morgan fingerprint density at radius 1 is 1.32 bits per heavy atom. The summed E-state index contributed by atoms with van der Waals surface area (Å²) in [6.07, 6.45) is 1.61. The van der Waals surface area contributed by atoms with Gasteiger partial charge in [0.2, 0.25) is 5.91 Å². The molecule has 0 radical (unpaired) electrons. The van der Waals surface area contributed by atoms with E-state index in [9.17, 15) is 4.79 Å². The second kappa shape index (κ2) is 8.15. The number of methoxy groups -OCH3 is 1. The van der Waals surface area contributed by atoms with Crippen LogP contribution < -0.4 is 15.4 Å². The summed E-state index contributed by atoms with van der Waals surface area (Å²) in [5.74, 6) is 0.901. The van der Waals surface area contributed by atoms with Crippen molar-refractivity contribution in [1.29, 1.82) is 0 Å². The number of rotatable bonds is 7. The normalized spacial score (nSPS) is 17.0. The molecule has 5 nitrogen and oxygen atoms in total. The van der Waals surface area contributed by atoms with Crippen molar-refractivity contribution in [1.82, 2.24) is 10.6 Å². The molecule has 1 aromatic rings. The van der Waals surface area contributed by atoms with Crippen molar-refractivity contribution in [3.05, 3.63) is 29.8 Å². The molecule has 1 aliphatic heterocycles. The van der Waals surface area contributed by atoms with Crippen molar-refractivity contribution in [3.63, 3.8) is 0 Å². The van der Waals surface area contributed by atoms with Gasteiger partial charge >= 0.3 is 0 Å². The number of piperidine rings is 1. The minimum atomic E-state index is -0.416. The number of nitrogens with one attached hydrogen (secondary N) is 2. The van der Waals surface area contributed by atoms with Crippen LogP contribution in [0.2, 0.25) is 0 Å². The maximum atomic E-state index is 12.7. The van der Waals surface area contributed by atoms with Crippen molar-refractivity contribution in [2.75, 3.05) is 33.4 Å². The van der Waals surface area contributed by atoms with Gasteiger partial charge in [0.05, 0.1) is 18.6 Å². The third kappa shape index (κ3) is 3.99. The topological polar surface area (TPSA) is 59.6 Å². The van der Waals surface area contributed by atoms with E-state index in [1.807, 2.05) is 31.2 Å². The Balaban J connectivity index is 2.01. The molecule has 22 heavy (non-hydrogen) atoms. The Morgan fingerprint density at radius 3 is 2.73 bits per heavy atom. The largest absolute Gasteiger partial charge is 0.494 e. The van der Waals surface area contributed by atoms with Crippen molar-refractivity contribution < 1.29 is 14.3 Å². The number of para-hydroxylation sites is 1. The van der Waals surface area contributed by atoms with Gasteiger partial charge in [-0.15, -0.1) is 0 Å². The van der Waals surface area contributed by atoms with Crippen LogP contribution in [0.25, 0.3) is 0 Å². The van der Waals surface area contributed by atoms with Crippen molar-refractivity contribution >= 4 is 5.91 Å². The van der Waals surface area contributed by atoms with Gasteiger partial charge in [-0.1, -0.05) is 18.2 Å². The number of ether oxygens (including phenoxy) is 2. The van der Waals surface area contributed by atoms with Gasteiger partial charge in [-0.25, -0.2) is 0 Å². The van der Waals surface area contributed by atoms with E-state index in [2.05, 4.69) is 10.6 Å². The lowest BCUT2D eigenvalue weighted by Crippen LogP contribution is -2.50. The summed E-state index contributed by atoms with van der Waals surface area (Å²) in [6, 6.07) is 7.81. The Bertz CT molecular complexity index is 479. The molecule has 2 N–H and O–H groups in total. The van der Waals surface area contributed by atoms with Gasteiger partial charge in [0.25, 0.3) is 0 Å². The second-order valence-corrected chi connectivity index (χ2v) is 5.69. The van der Waals surface area contributed by atoms with Crippen molar-refractivity contribution in [3.8, 4) is 5.75 Å². The molecular formula is C17H26N2O3. The predicted molar refractivity (Wildman–Crippen MR) is 85.9 cm³/mol.